The van der Waals surface area contributed by atoms with Crippen molar-refractivity contribution in [2.24, 2.45) is 5.14 Å². The van der Waals surface area contributed by atoms with Crippen molar-refractivity contribution >= 4 is 75.1 Å². The van der Waals surface area contributed by atoms with Crippen molar-refractivity contribution in [2.75, 3.05) is 12.0 Å². The maximum absolute atomic E-state index is 11.6. The van der Waals surface area contributed by atoms with Crippen LogP contribution in [0.15, 0.2) is 21.9 Å². The molecule has 1 heterocycles. The number of benzene rings is 1. The third-order valence-electron chi connectivity index (χ3n) is 2.17. The Hall–Kier alpha value is 0.390. The molecule has 18 heavy (non-hydrogen) atoms. The summed E-state index contributed by atoms with van der Waals surface area (Å²) in [6.07, 6.45) is 0. The second-order valence-electron chi connectivity index (χ2n) is 3.33. The minimum absolute atomic E-state index is 0. The summed E-state index contributed by atoms with van der Waals surface area (Å²) < 4.78 is 47.9. The van der Waals surface area contributed by atoms with Crippen molar-refractivity contribution < 1.29 is 19.7 Å². The minimum atomic E-state index is -4.07. The fraction of sp³-hybridized carbons (Fsp3) is 0.143. The molecule has 0 amide bonds. The van der Waals surface area contributed by atoms with Gasteiger partial charge in [0.05, 0.1) is 17.4 Å². The van der Waals surface area contributed by atoms with E-state index in [9.17, 15) is 16.8 Å². The second-order valence-corrected chi connectivity index (χ2v) is 7.00. The molecular formula is C7H10CaClN3O4S2. The molecule has 0 unspecified atom stereocenters. The van der Waals surface area contributed by atoms with Gasteiger partial charge in [0.1, 0.15) is 9.79 Å². The number of hydrogen-bond acceptors (Lipinski definition) is 5. The number of halogens is 1. The van der Waals surface area contributed by atoms with Gasteiger partial charge in [0.25, 0.3) is 0 Å². The first kappa shape index (κ1) is 16.4. The van der Waals surface area contributed by atoms with E-state index in [4.69, 9.17) is 16.7 Å². The molecular weight excluding hydrogens is 330 g/mol. The zero-order chi connectivity index (χ0) is 12.8. The van der Waals surface area contributed by atoms with Crippen LogP contribution in [0.25, 0.3) is 0 Å². The summed E-state index contributed by atoms with van der Waals surface area (Å²) in [6, 6.07) is 2.15. The number of rotatable bonds is 1. The van der Waals surface area contributed by atoms with Crippen molar-refractivity contribution in [1.82, 2.24) is 4.72 Å². The summed E-state index contributed by atoms with van der Waals surface area (Å²) >= 11 is 5.72. The predicted molar refractivity (Wildman–Crippen MR) is 69.6 cm³/mol. The number of primary sulfonamides is 1. The average Bonchev–Trinajstić information content (AvgIpc) is 2.13. The van der Waals surface area contributed by atoms with Crippen LogP contribution in [0.4, 0.5) is 5.69 Å². The molecule has 4 N–H and O–H groups in total. The average molecular weight is 340 g/mol. The molecule has 11 heteroatoms. The molecule has 1 aromatic carbocycles. The Morgan fingerprint density at radius 3 is 2.56 bits per heavy atom. The molecule has 0 saturated carbocycles. The number of anilines is 1. The van der Waals surface area contributed by atoms with Crippen LogP contribution in [0, 0.1) is 0 Å². The summed E-state index contributed by atoms with van der Waals surface area (Å²) in [4.78, 5) is -0.621. The normalized spacial score (nSPS) is 17.2. The largest absolute Gasteiger partial charge is 2.00 e. The Balaban J connectivity index is 0. The summed E-state index contributed by atoms with van der Waals surface area (Å²) in [5.74, 6) is 0. The van der Waals surface area contributed by atoms with E-state index >= 15 is 0 Å². The number of hydrogen-bond donors (Lipinski definition) is 3. The van der Waals surface area contributed by atoms with E-state index in [0.717, 1.165) is 6.07 Å². The third-order valence-corrected chi connectivity index (χ3v) is 4.99. The maximum atomic E-state index is 11.6. The number of nitrogens with one attached hydrogen (secondary N) is 2. The third kappa shape index (κ3) is 3.10. The summed E-state index contributed by atoms with van der Waals surface area (Å²) in [7, 11) is -7.80. The molecule has 1 aliphatic heterocycles. The van der Waals surface area contributed by atoms with Crippen LogP contribution in [0.2, 0.25) is 5.02 Å². The van der Waals surface area contributed by atoms with Crippen LogP contribution in [-0.2, 0) is 20.0 Å². The second kappa shape index (κ2) is 5.41. The topological polar surface area (TPSA) is 118 Å². The molecule has 0 fully saturated rings. The van der Waals surface area contributed by atoms with Gasteiger partial charge in [-0.15, -0.1) is 0 Å². The van der Waals surface area contributed by atoms with E-state index < -0.39 is 24.9 Å². The van der Waals surface area contributed by atoms with Crippen molar-refractivity contribution in [3.8, 4) is 0 Å². The monoisotopic (exact) mass is 339 g/mol. The van der Waals surface area contributed by atoms with Gasteiger partial charge in [-0.25, -0.2) is 22.0 Å². The van der Waals surface area contributed by atoms with Gasteiger partial charge in [-0.05, 0) is 12.1 Å². The zero-order valence-electron chi connectivity index (χ0n) is 11.0. The van der Waals surface area contributed by atoms with Crippen LogP contribution < -0.4 is 15.2 Å². The van der Waals surface area contributed by atoms with Gasteiger partial charge in [0.15, 0.2) is 0 Å². The predicted octanol–water partition coefficient (Wildman–Crippen LogP) is -0.507. The van der Waals surface area contributed by atoms with Gasteiger partial charge in [-0.2, -0.15) is 4.72 Å². The molecule has 1 aromatic rings. The Bertz CT molecular complexity index is 698. The minimum Gasteiger partial charge on any atom is -1.00 e. The standard InChI is InChI=1S/C7H8ClN3O4S2.Ca.2H/c8-4-1-5-7(2-6(4)16(9,12)13)17(14,15)11-3-10-5;;;/h1-2,10-11H,3H2,(H2,9,12,13);;;/q;+2;2*-1. The van der Waals surface area contributed by atoms with Gasteiger partial charge in [0, 0.05) is 0 Å². The molecule has 0 aliphatic carbocycles. The van der Waals surface area contributed by atoms with Crippen LogP contribution in [0.5, 0.6) is 0 Å². The molecule has 0 spiro atoms. The zero-order valence-corrected chi connectivity index (χ0v) is 13.6. The first-order valence-electron chi connectivity index (χ1n) is 4.32. The fourth-order valence-electron chi connectivity index (χ4n) is 1.42. The van der Waals surface area contributed by atoms with Gasteiger partial charge in [-0.3, -0.25) is 0 Å². The Labute approximate surface area is 142 Å². The molecule has 1 aliphatic rings. The van der Waals surface area contributed by atoms with E-state index in [2.05, 4.69) is 10.0 Å². The van der Waals surface area contributed by atoms with Gasteiger partial charge < -0.3 is 8.17 Å². The van der Waals surface area contributed by atoms with E-state index in [1.54, 1.807) is 0 Å². The van der Waals surface area contributed by atoms with Crippen molar-refractivity contribution in [2.45, 2.75) is 9.79 Å². The van der Waals surface area contributed by atoms with Gasteiger partial charge >= 0.3 is 37.7 Å². The summed E-state index contributed by atoms with van der Waals surface area (Å²) in [5, 5.41) is 7.53. The molecule has 0 atom stereocenters. The Morgan fingerprint density at radius 1 is 1.39 bits per heavy atom. The summed E-state index contributed by atoms with van der Waals surface area (Å²) in [6.45, 7) is 0.0143. The molecule has 0 bridgehead atoms. The van der Waals surface area contributed by atoms with Gasteiger partial charge in [-0.1, -0.05) is 11.6 Å². The molecule has 98 valence electrons. The van der Waals surface area contributed by atoms with Crippen LogP contribution in [0.3, 0.4) is 0 Å². The summed E-state index contributed by atoms with van der Waals surface area (Å²) in [5.41, 5.74) is 0.237. The van der Waals surface area contributed by atoms with Crippen LogP contribution in [0.1, 0.15) is 2.85 Å². The van der Waals surface area contributed by atoms with E-state index in [1.165, 1.54) is 6.07 Å². The van der Waals surface area contributed by atoms with E-state index in [1.807, 2.05) is 0 Å². The Morgan fingerprint density at radius 2 is 2.00 bits per heavy atom. The maximum Gasteiger partial charge on any atom is 2.00 e. The van der Waals surface area contributed by atoms with E-state index in [0.29, 0.717) is 0 Å². The van der Waals surface area contributed by atoms with Crippen LogP contribution >= 0.6 is 11.6 Å². The molecule has 0 aromatic heterocycles. The first-order chi connectivity index (χ1) is 7.72. The Kier molecular flexibility index (Phi) is 4.94. The van der Waals surface area contributed by atoms with Crippen molar-refractivity contribution in [3.63, 3.8) is 0 Å². The molecule has 0 radical (unpaired) electrons. The SMILES string of the molecule is NS(=O)(=O)c1cc2c(cc1Cl)NCNS2(=O)=O.[Ca+2].[H-].[H-]. The molecule has 0 saturated heterocycles. The number of fused-ring (bicyclic) bond motifs is 1. The molecule has 7 nitrogen and oxygen atoms in total. The van der Waals surface area contributed by atoms with Crippen LogP contribution in [-0.4, -0.2) is 61.2 Å². The quantitative estimate of drug-likeness (QED) is 0.596. The fourth-order valence-corrected chi connectivity index (χ4v) is 3.70. The van der Waals surface area contributed by atoms with Gasteiger partial charge in [0.2, 0.25) is 20.0 Å². The smallest absolute Gasteiger partial charge is 1.00 e. The number of sulfonamides is 2. The number of nitrogens with two attached hydrogens (primary N) is 1. The van der Waals surface area contributed by atoms with E-state index in [-0.39, 0.29) is 62.9 Å². The van der Waals surface area contributed by atoms with Crippen molar-refractivity contribution in [1.29, 1.82) is 0 Å². The first-order valence-corrected chi connectivity index (χ1v) is 7.72. The van der Waals surface area contributed by atoms with Crippen molar-refractivity contribution in [3.05, 3.63) is 17.2 Å². The molecule has 2 rings (SSSR count).